The van der Waals surface area contributed by atoms with Gasteiger partial charge in [0.05, 0.1) is 20.5 Å². The number of hydrogen-bond donors (Lipinski definition) is 2. The molecule has 2 rings (SSSR count). The molecule has 0 spiro atoms. The van der Waals surface area contributed by atoms with Crippen molar-refractivity contribution in [2.75, 3.05) is 26.1 Å². The summed E-state index contributed by atoms with van der Waals surface area (Å²) in [6.45, 7) is 11.2. The van der Waals surface area contributed by atoms with Crippen LogP contribution in [0.4, 0.5) is 5.69 Å². The van der Waals surface area contributed by atoms with Crippen molar-refractivity contribution >= 4 is 23.0 Å². The summed E-state index contributed by atoms with van der Waals surface area (Å²) in [5, 5.41) is 6.66. The van der Waals surface area contributed by atoms with Crippen LogP contribution in [0.3, 0.4) is 0 Å². The van der Waals surface area contributed by atoms with Crippen LogP contribution in [0.25, 0.3) is 0 Å². The Bertz CT molecular complexity index is 786. The first-order chi connectivity index (χ1) is 13.5. The van der Waals surface area contributed by atoms with E-state index in [0.717, 1.165) is 17.8 Å². The van der Waals surface area contributed by atoms with Gasteiger partial charge in [-0.15, -0.1) is 0 Å². The van der Waals surface area contributed by atoms with Gasteiger partial charge >= 0.3 is 0 Å². The van der Waals surface area contributed by atoms with Crippen molar-refractivity contribution in [1.82, 2.24) is 14.9 Å². The number of thiocarbonyl (C=S) groups is 1. The summed E-state index contributed by atoms with van der Waals surface area (Å²) in [6.07, 6.45) is 10.9. The Morgan fingerprint density at radius 1 is 1.29 bits per heavy atom. The van der Waals surface area contributed by atoms with Crippen LogP contribution < -0.4 is 20.1 Å². The van der Waals surface area contributed by atoms with Crippen LogP contribution in [-0.4, -0.2) is 35.4 Å². The average molecular weight is 401 g/mol. The van der Waals surface area contributed by atoms with Gasteiger partial charge in [-0.1, -0.05) is 31.4 Å². The highest BCUT2D eigenvalue weighted by molar-refractivity contribution is 7.80. The van der Waals surface area contributed by atoms with Gasteiger partial charge in [-0.25, -0.2) is 4.98 Å². The van der Waals surface area contributed by atoms with E-state index in [2.05, 4.69) is 35.7 Å². The highest BCUT2D eigenvalue weighted by Crippen LogP contribution is 2.29. The van der Waals surface area contributed by atoms with E-state index in [1.807, 2.05) is 41.1 Å². The van der Waals surface area contributed by atoms with Gasteiger partial charge in [0.1, 0.15) is 0 Å². The summed E-state index contributed by atoms with van der Waals surface area (Å²) < 4.78 is 12.4. The second kappa shape index (κ2) is 13.2. The van der Waals surface area contributed by atoms with E-state index >= 15 is 0 Å². The summed E-state index contributed by atoms with van der Waals surface area (Å²) in [6, 6.07) is 5.50. The van der Waals surface area contributed by atoms with Gasteiger partial charge in [0, 0.05) is 37.2 Å². The molecule has 0 bridgehead atoms. The van der Waals surface area contributed by atoms with E-state index in [-0.39, 0.29) is 0 Å². The van der Waals surface area contributed by atoms with Crippen molar-refractivity contribution in [2.45, 2.75) is 13.5 Å². The van der Waals surface area contributed by atoms with Crippen molar-refractivity contribution in [2.24, 2.45) is 0 Å². The minimum atomic E-state index is 0.510. The van der Waals surface area contributed by atoms with Crippen molar-refractivity contribution in [3.63, 3.8) is 0 Å². The zero-order chi connectivity index (χ0) is 20.8. The van der Waals surface area contributed by atoms with Crippen LogP contribution >= 0.6 is 12.2 Å². The zero-order valence-electron chi connectivity index (χ0n) is 16.6. The van der Waals surface area contributed by atoms with Crippen LogP contribution in [0.5, 0.6) is 11.5 Å². The van der Waals surface area contributed by atoms with Gasteiger partial charge in [0.2, 0.25) is 0 Å². The largest absolute Gasteiger partial charge is 0.493 e. The molecule has 0 radical (unpaired) electrons. The molecule has 0 aliphatic rings. The number of nitrogens with zero attached hydrogens (tertiary/aromatic N) is 2. The second-order valence-corrected chi connectivity index (χ2v) is 5.93. The maximum absolute atomic E-state index is 5.24. The number of imidazole rings is 1. The SMILES string of the molecule is C=C/C=C\C(=C)CNC(=S)Nc1ccc(OC)c(OC)c1.CCn1ccnc1. The summed E-state index contributed by atoms with van der Waals surface area (Å²) in [7, 11) is 3.19. The lowest BCUT2D eigenvalue weighted by molar-refractivity contribution is 0.355. The number of allylic oxidation sites excluding steroid dienone is 2. The van der Waals surface area contributed by atoms with Crippen LogP contribution in [0, 0.1) is 0 Å². The summed E-state index contributed by atoms with van der Waals surface area (Å²) in [5.41, 5.74) is 1.73. The molecule has 0 aliphatic heterocycles. The molecule has 6 nitrogen and oxygen atoms in total. The second-order valence-electron chi connectivity index (χ2n) is 5.52. The fraction of sp³-hybridized carbons (Fsp3) is 0.238. The molecule has 0 saturated carbocycles. The molecule has 150 valence electrons. The molecule has 1 heterocycles. The number of ether oxygens (including phenoxy) is 2. The molecule has 2 aromatic rings. The van der Waals surface area contributed by atoms with Gasteiger partial charge in [0.25, 0.3) is 0 Å². The Hall–Kier alpha value is -3.06. The maximum atomic E-state index is 5.24. The summed E-state index contributed by atoms with van der Waals surface area (Å²) in [4.78, 5) is 3.86. The standard InChI is InChI=1S/C16H20N2O2S.C5H8N2/c1-5-6-7-12(2)11-17-16(21)18-13-8-9-14(19-3)15(10-13)20-4;1-2-7-4-3-6-5-7/h5-10H,1-2,11H2,3-4H3,(H2,17,18,21);3-5H,2H2,1H3/b7-6-;. The van der Waals surface area contributed by atoms with Gasteiger partial charge < -0.3 is 24.7 Å². The lowest BCUT2D eigenvalue weighted by Crippen LogP contribution is -2.29. The number of anilines is 1. The van der Waals surface area contributed by atoms with Crippen molar-refractivity contribution < 1.29 is 9.47 Å². The molecule has 0 amide bonds. The van der Waals surface area contributed by atoms with Gasteiger partial charge in [0.15, 0.2) is 16.6 Å². The number of aryl methyl sites for hydroxylation is 1. The highest BCUT2D eigenvalue weighted by atomic mass is 32.1. The zero-order valence-corrected chi connectivity index (χ0v) is 17.5. The van der Waals surface area contributed by atoms with Crippen molar-refractivity contribution in [3.05, 3.63) is 73.9 Å². The van der Waals surface area contributed by atoms with Crippen LogP contribution in [0.2, 0.25) is 0 Å². The molecule has 1 aromatic carbocycles. The molecule has 1 aromatic heterocycles. The molecule has 0 aliphatic carbocycles. The lowest BCUT2D eigenvalue weighted by Gasteiger charge is -2.13. The van der Waals surface area contributed by atoms with E-state index < -0.39 is 0 Å². The summed E-state index contributed by atoms with van der Waals surface area (Å²) >= 11 is 5.23. The summed E-state index contributed by atoms with van der Waals surface area (Å²) in [5.74, 6) is 1.31. The molecule has 2 N–H and O–H groups in total. The lowest BCUT2D eigenvalue weighted by atomic mass is 10.2. The Kier molecular flexibility index (Phi) is 10.8. The van der Waals surface area contributed by atoms with Gasteiger partial charge in [-0.3, -0.25) is 0 Å². The van der Waals surface area contributed by atoms with Gasteiger partial charge in [-0.05, 0) is 36.8 Å². The Morgan fingerprint density at radius 2 is 2.04 bits per heavy atom. The molecule has 28 heavy (non-hydrogen) atoms. The van der Waals surface area contributed by atoms with Crippen molar-refractivity contribution in [3.8, 4) is 11.5 Å². The van der Waals surface area contributed by atoms with Gasteiger partial charge in [-0.2, -0.15) is 0 Å². The molecule has 7 heteroatoms. The number of hydrogen-bond acceptors (Lipinski definition) is 4. The van der Waals surface area contributed by atoms with E-state index in [4.69, 9.17) is 21.7 Å². The topological polar surface area (TPSA) is 60.3 Å². The third-order valence-corrected chi connectivity index (χ3v) is 3.76. The van der Waals surface area contributed by atoms with Crippen LogP contribution in [0.1, 0.15) is 6.92 Å². The number of rotatable bonds is 8. The molecule has 0 atom stereocenters. The first kappa shape index (κ1) is 23.0. The molecular formula is C21H28N4O2S. The van der Waals surface area contributed by atoms with Crippen LogP contribution in [-0.2, 0) is 6.54 Å². The third kappa shape index (κ3) is 8.55. The van der Waals surface area contributed by atoms with E-state index in [0.29, 0.717) is 23.2 Å². The first-order valence-electron chi connectivity index (χ1n) is 8.73. The number of methoxy groups -OCH3 is 2. The fourth-order valence-corrected chi connectivity index (χ4v) is 2.21. The average Bonchev–Trinajstić information content (AvgIpc) is 3.25. The van der Waals surface area contributed by atoms with Crippen molar-refractivity contribution in [1.29, 1.82) is 0 Å². The predicted octanol–water partition coefficient (Wildman–Crippen LogP) is 4.19. The first-order valence-corrected chi connectivity index (χ1v) is 9.14. The number of benzene rings is 1. The minimum Gasteiger partial charge on any atom is -0.493 e. The quantitative estimate of drug-likeness (QED) is 0.512. The smallest absolute Gasteiger partial charge is 0.171 e. The van der Waals surface area contributed by atoms with E-state index in [1.54, 1.807) is 32.8 Å². The third-order valence-electron chi connectivity index (χ3n) is 3.51. The maximum Gasteiger partial charge on any atom is 0.171 e. The highest BCUT2D eigenvalue weighted by Gasteiger charge is 2.05. The van der Waals surface area contributed by atoms with E-state index in [1.165, 1.54) is 0 Å². The molecular weight excluding hydrogens is 372 g/mol. The molecule has 0 unspecified atom stereocenters. The van der Waals surface area contributed by atoms with Crippen LogP contribution in [0.15, 0.2) is 73.9 Å². The number of aromatic nitrogens is 2. The Labute approximate surface area is 172 Å². The molecule has 0 saturated heterocycles. The Morgan fingerprint density at radius 3 is 2.57 bits per heavy atom. The normalized spacial score (nSPS) is 9.82. The fourth-order valence-electron chi connectivity index (χ4n) is 2.02. The Balaban J connectivity index is 0.000000467. The molecule has 0 fully saturated rings. The number of nitrogens with one attached hydrogen (secondary N) is 2. The predicted molar refractivity (Wildman–Crippen MR) is 120 cm³/mol. The van der Waals surface area contributed by atoms with E-state index in [9.17, 15) is 0 Å². The minimum absolute atomic E-state index is 0.510. The monoisotopic (exact) mass is 400 g/mol.